The molecular weight excluding hydrogens is 506 g/mol. The minimum Gasteiger partial charge on any atom is -0.350 e. The van der Waals surface area contributed by atoms with Crippen molar-refractivity contribution in [2.45, 2.75) is 38.1 Å². The van der Waals surface area contributed by atoms with Gasteiger partial charge in [-0.1, -0.05) is 36.4 Å². The maximum absolute atomic E-state index is 13.2. The first-order valence-corrected chi connectivity index (χ1v) is 14.6. The zero-order valence-corrected chi connectivity index (χ0v) is 23.3. The summed E-state index contributed by atoms with van der Waals surface area (Å²) in [4.78, 5) is 18.0. The van der Waals surface area contributed by atoms with Crippen molar-refractivity contribution in [3.05, 3.63) is 95.7 Å². The monoisotopic (exact) mass is 537 g/mol. The first kappa shape index (κ1) is 27.7. The number of benzene rings is 3. The number of nitrogens with one attached hydrogen (secondary N) is 1. The van der Waals surface area contributed by atoms with Gasteiger partial charge in [0.25, 0.3) is 5.91 Å². The molecule has 4 rings (SSSR count). The Labute approximate surface area is 230 Å². The molecule has 198 valence electrons. The molecule has 1 N–H and O–H groups in total. The number of aromatic nitrogens is 1. The van der Waals surface area contributed by atoms with Gasteiger partial charge in [-0.15, -0.1) is 0 Å². The van der Waals surface area contributed by atoms with E-state index >= 15 is 0 Å². The van der Waals surface area contributed by atoms with Gasteiger partial charge in [0.1, 0.15) is 0 Å². The van der Waals surface area contributed by atoms with E-state index in [1.807, 2.05) is 63.2 Å². The van der Waals surface area contributed by atoms with Gasteiger partial charge >= 0.3 is 0 Å². The molecule has 7 heteroatoms. The highest BCUT2D eigenvalue weighted by Gasteiger charge is 2.16. The quantitative estimate of drug-likeness (QED) is 0.217. The lowest BCUT2D eigenvalue weighted by molar-refractivity contribution is -0.116. The first-order chi connectivity index (χ1) is 18.5. The predicted octanol–water partition coefficient (Wildman–Crippen LogP) is 6.07. The maximum Gasteiger partial charge on any atom is 0.252 e. The topological polar surface area (TPSA) is 99.9 Å². The first-order valence-electron chi connectivity index (χ1n) is 12.8. The lowest BCUT2D eigenvalue weighted by Crippen LogP contribution is -2.30. The Morgan fingerprint density at radius 2 is 1.77 bits per heavy atom. The molecule has 0 spiro atoms. The predicted molar refractivity (Wildman–Crippen MR) is 156 cm³/mol. The number of nitrogens with zero attached hydrogens (tertiary/aromatic N) is 2. The van der Waals surface area contributed by atoms with Gasteiger partial charge in [-0.25, -0.2) is 8.42 Å². The minimum atomic E-state index is -3.35. The molecule has 0 aliphatic rings. The van der Waals surface area contributed by atoms with E-state index in [0.29, 0.717) is 17.6 Å². The van der Waals surface area contributed by atoms with Crippen LogP contribution in [-0.2, 0) is 21.1 Å². The number of nitriles is 1. The second-order valence-electron chi connectivity index (χ2n) is 10.1. The van der Waals surface area contributed by atoms with E-state index in [2.05, 4.69) is 28.5 Å². The van der Waals surface area contributed by atoms with Gasteiger partial charge in [0, 0.05) is 40.9 Å². The normalized spacial score (nSPS) is 12.8. The number of rotatable bonds is 8. The maximum atomic E-state index is 13.2. The summed E-state index contributed by atoms with van der Waals surface area (Å²) < 4.78 is 23.9. The molecule has 1 atom stereocenters. The third kappa shape index (κ3) is 6.78. The molecule has 0 fully saturated rings. The van der Waals surface area contributed by atoms with Crippen LogP contribution < -0.4 is 5.32 Å². The standard InChI is InChI=1S/C32H31N3O3S/c1-21(2)35-32(36)30(25-10-12-28(13-11-25)39(4,37)38)18-23-7-5-8-26(16-23)29-19-24(15-22(3)20-33)17-27-9-6-14-34-31(27)29/h5-14,16-19,21-22H,15H2,1-4H3,(H,35,36)/b30-18-. The summed E-state index contributed by atoms with van der Waals surface area (Å²) in [6, 6.07) is 24.5. The molecular formula is C32H31N3O3S. The zero-order chi connectivity index (χ0) is 28.2. The lowest BCUT2D eigenvalue weighted by Gasteiger charge is -2.14. The Hall–Kier alpha value is -4.28. The highest BCUT2D eigenvalue weighted by molar-refractivity contribution is 7.90. The number of amides is 1. The van der Waals surface area contributed by atoms with Crippen molar-refractivity contribution in [2.24, 2.45) is 5.92 Å². The summed E-state index contributed by atoms with van der Waals surface area (Å²) in [6.07, 6.45) is 5.37. The molecule has 0 radical (unpaired) electrons. The molecule has 39 heavy (non-hydrogen) atoms. The van der Waals surface area contributed by atoms with Crippen LogP contribution >= 0.6 is 0 Å². The van der Waals surface area contributed by atoms with Crippen molar-refractivity contribution in [1.29, 1.82) is 5.26 Å². The number of fused-ring (bicyclic) bond motifs is 1. The van der Waals surface area contributed by atoms with Crippen molar-refractivity contribution < 1.29 is 13.2 Å². The van der Waals surface area contributed by atoms with Crippen LogP contribution in [0, 0.1) is 17.2 Å². The molecule has 1 unspecified atom stereocenters. The highest BCUT2D eigenvalue weighted by Crippen LogP contribution is 2.31. The summed E-state index contributed by atoms with van der Waals surface area (Å²) in [5, 5.41) is 13.3. The van der Waals surface area contributed by atoms with E-state index in [1.54, 1.807) is 18.3 Å². The number of pyridine rings is 1. The van der Waals surface area contributed by atoms with Crippen LogP contribution in [0.5, 0.6) is 0 Å². The van der Waals surface area contributed by atoms with Crippen LogP contribution in [0.2, 0.25) is 0 Å². The Kier molecular flexibility index (Phi) is 8.27. The molecule has 0 saturated carbocycles. The van der Waals surface area contributed by atoms with E-state index in [1.165, 1.54) is 12.1 Å². The van der Waals surface area contributed by atoms with Gasteiger partial charge < -0.3 is 5.32 Å². The fourth-order valence-electron chi connectivity index (χ4n) is 4.46. The largest absolute Gasteiger partial charge is 0.350 e. The second-order valence-corrected chi connectivity index (χ2v) is 12.1. The van der Waals surface area contributed by atoms with Crippen molar-refractivity contribution in [2.75, 3.05) is 6.26 Å². The average molecular weight is 538 g/mol. The van der Waals surface area contributed by atoms with E-state index in [-0.39, 0.29) is 22.8 Å². The van der Waals surface area contributed by atoms with Crippen LogP contribution in [0.1, 0.15) is 37.5 Å². The Morgan fingerprint density at radius 1 is 1.03 bits per heavy atom. The molecule has 1 amide bonds. The molecule has 4 aromatic rings. The third-order valence-electron chi connectivity index (χ3n) is 6.29. The van der Waals surface area contributed by atoms with Crippen molar-refractivity contribution in [1.82, 2.24) is 10.3 Å². The van der Waals surface area contributed by atoms with Gasteiger partial charge in [-0.05, 0) is 91.9 Å². The number of carbonyl (C=O) groups is 1. The smallest absolute Gasteiger partial charge is 0.252 e. The van der Waals surface area contributed by atoms with Crippen molar-refractivity contribution in [3.8, 4) is 17.2 Å². The summed E-state index contributed by atoms with van der Waals surface area (Å²) in [7, 11) is -3.35. The molecule has 6 nitrogen and oxygen atoms in total. The lowest BCUT2D eigenvalue weighted by atomic mass is 9.93. The van der Waals surface area contributed by atoms with Gasteiger partial charge in [-0.2, -0.15) is 5.26 Å². The highest BCUT2D eigenvalue weighted by atomic mass is 32.2. The Balaban J connectivity index is 1.82. The number of hydrogen-bond acceptors (Lipinski definition) is 5. The molecule has 1 heterocycles. The van der Waals surface area contributed by atoms with Crippen LogP contribution in [0.3, 0.4) is 0 Å². The summed E-state index contributed by atoms with van der Waals surface area (Å²) in [5.74, 6) is -0.362. The van der Waals surface area contributed by atoms with Crippen molar-refractivity contribution in [3.63, 3.8) is 0 Å². The summed E-state index contributed by atoms with van der Waals surface area (Å²) in [6.45, 7) is 5.69. The second kappa shape index (κ2) is 11.6. The van der Waals surface area contributed by atoms with Crippen molar-refractivity contribution >= 4 is 38.3 Å². The molecule has 0 aliphatic heterocycles. The molecule has 0 bridgehead atoms. The van der Waals surface area contributed by atoms with Crippen LogP contribution in [0.15, 0.2) is 83.9 Å². The van der Waals surface area contributed by atoms with Gasteiger partial charge in [-0.3, -0.25) is 9.78 Å². The van der Waals surface area contributed by atoms with Crippen LogP contribution in [0.25, 0.3) is 33.7 Å². The van der Waals surface area contributed by atoms with Gasteiger partial charge in [0.05, 0.1) is 16.5 Å². The van der Waals surface area contributed by atoms with E-state index in [0.717, 1.165) is 39.4 Å². The SMILES string of the molecule is CC(C#N)Cc1cc(-c2cccc(/C=C(\C(=O)NC(C)C)c3ccc(S(C)(=O)=O)cc3)c2)c2ncccc2c1. The Bertz CT molecular complexity index is 1700. The number of carbonyl (C=O) groups excluding carboxylic acids is 1. The number of sulfone groups is 1. The van der Waals surface area contributed by atoms with Crippen LogP contribution in [-0.4, -0.2) is 31.6 Å². The minimum absolute atomic E-state index is 0.0708. The molecule has 0 aliphatic carbocycles. The fourth-order valence-corrected chi connectivity index (χ4v) is 5.09. The van der Waals surface area contributed by atoms with Gasteiger partial charge in [0.15, 0.2) is 9.84 Å². The molecule has 0 saturated heterocycles. The molecule has 3 aromatic carbocycles. The summed E-state index contributed by atoms with van der Waals surface area (Å²) in [5.41, 5.74) is 5.67. The number of hydrogen-bond donors (Lipinski definition) is 1. The summed E-state index contributed by atoms with van der Waals surface area (Å²) >= 11 is 0. The zero-order valence-electron chi connectivity index (χ0n) is 22.5. The van der Waals surface area contributed by atoms with Crippen LogP contribution in [0.4, 0.5) is 0 Å². The van der Waals surface area contributed by atoms with E-state index in [4.69, 9.17) is 0 Å². The third-order valence-corrected chi connectivity index (χ3v) is 7.42. The fraction of sp³-hybridized carbons (Fsp3) is 0.219. The van der Waals surface area contributed by atoms with Gasteiger partial charge in [0.2, 0.25) is 0 Å². The average Bonchev–Trinajstić information content (AvgIpc) is 2.90. The van der Waals surface area contributed by atoms with E-state index < -0.39 is 9.84 Å². The van der Waals surface area contributed by atoms with E-state index in [9.17, 15) is 18.5 Å². The molecule has 1 aromatic heterocycles. The Morgan fingerprint density at radius 3 is 2.44 bits per heavy atom.